The predicted octanol–water partition coefficient (Wildman–Crippen LogP) is 0.723. The Morgan fingerprint density at radius 2 is 2.30 bits per heavy atom. The standard InChI is InChI=1S/C8H18N2/c1-7(5-9)10-6-8-3-2-4-8/h7-8,10H,2-6,9H2,1H3. The van der Waals surface area contributed by atoms with Gasteiger partial charge in [-0.1, -0.05) is 6.42 Å². The molecule has 1 saturated carbocycles. The molecular formula is C8H18N2. The molecule has 1 unspecified atom stereocenters. The predicted molar refractivity (Wildman–Crippen MR) is 43.9 cm³/mol. The first-order valence-electron chi connectivity index (χ1n) is 4.26. The molecule has 60 valence electrons. The molecule has 0 saturated heterocycles. The van der Waals surface area contributed by atoms with Gasteiger partial charge in [0.15, 0.2) is 0 Å². The highest BCUT2D eigenvalue weighted by Crippen LogP contribution is 2.25. The number of hydrogen-bond acceptors (Lipinski definition) is 2. The Morgan fingerprint density at radius 1 is 1.60 bits per heavy atom. The third-order valence-corrected chi connectivity index (χ3v) is 2.33. The Balaban J connectivity index is 1.93. The van der Waals surface area contributed by atoms with E-state index in [4.69, 9.17) is 5.73 Å². The lowest BCUT2D eigenvalue weighted by atomic mass is 9.85. The van der Waals surface area contributed by atoms with Gasteiger partial charge in [0.1, 0.15) is 0 Å². The minimum Gasteiger partial charge on any atom is -0.329 e. The van der Waals surface area contributed by atoms with Crippen LogP contribution in [0, 0.1) is 5.92 Å². The molecule has 1 aliphatic rings. The van der Waals surface area contributed by atoms with Crippen LogP contribution >= 0.6 is 0 Å². The third kappa shape index (κ3) is 2.27. The SMILES string of the molecule is CC(CN)NCC1CCC1. The van der Waals surface area contributed by atoms with Gasteiger partial charge in [-0.25, -0.2) is 0 Å². The number of hydrogen-bond donors (Lipinski definition) is 2. The average Bonchev–Trinajstić information content (AvgIpc) is 1.84. The van der Waals surface area contributed by atoms with Crippen LogP contribution in [-0.2, 0) is 0 Å². The maximum atomic E-state index is 5.46. The van der Waals surface area contributed by atoms with Crippen molar-refractivity contribution in [1.82, 2.24) is 5.32 Å². The van der Waals surface area contributed by atoms with Crippen LogP contribution in [0.2, 0.25) is 0 Å². The maximum Gasteiger partial charge on any atom is 0.0162 e. The normalized spacial score (nSPS) is 22.2. The molecule has 2 heteroatoms. The molecule has 2 nitrogen and oxygen atoms in total. The Hall–Kier alpha value is -0.0800. The van der Waals surface area contributed by atoms with Crippen LogP contribution < -0.4 is 11.1 Å². The van der Waals surface area contributed by atoms with E-state index in [-0.39, 0.29) is 0 Å². The zero-order chi connectivity index (χ0) is 7.40. The van der Waals surface area contributed by atoms with Crippen molar-refractivity contribution >= 4 is 0 Å². The van der Waals surface area contributed by atoms with E-state index in [1.807, 2.05) is 0 Å². The third-order valence-electron chi connectivity index (χ3n) is 2.33. The summed E-state index contributed by atoms with van der Waals surface area (Å²) in [6, 6.07) is 0.501. The molecule has 0 aromatic heterocycles. The molecule has 3 N–H and O–H groups in total. The van der Waals surface area contributed by atoms with E-state index in [0.29, 0.717) is 6.04 Å². The first-order chi connectivity index (χ1) is 4.83. The van der Waals surface area contributed by atoms with E-state index in [1.54, 1.807) is 0 Å². The number of nitrogens with two attached hydrogens (primary N) is 1. The molecular weight excluding hydrogens is 124 g/mol. The maximum absolute atomic E-state index is 5.46. The highest BCUT2D eigenvalue weighted by atomic mass is 14.9. The quantitative estimate of drug-likeness (QED) is 0.607. The smallest absolute Gasteiger partial charge is 0.0162 e. The second-order valence-electron chi connectivity index (χ2n) is 3.34. The first kappa shape index (κ1) is 8.02. The summed E-state index contributed by atoms with van der Waals surface area (Å²) in [5, 5.41) is 3.41. The van der Waals surface area contributed by atoms with Crippen molar-refractivity contribution in [2.45, 2.75) is 32.2 Å². The highest BCUT2D eigenvalue weighted by molar-refractivity contribution is 4.73. The fourth-order valence-electron chi connectivity index (χ4n) is 1.15. The molecule has 1 rings (SSSR count). The van der Waals surface area contributed by atoms with Crippen LogP contribution in [0.15, 0.2) is 0 Å². The molecule has 1 aliphatic carbocycles. The summed E-state index contributed by atoms with van der Waals surface area (Å²) in [5.41, 5.74) is 5.46. The lowest BCUT2D eigenvalue weighted by Gasteiger charge is -2.26. The van der Waals surface area contributed by atoms with Crippen LogP contribution in [-0.4, -0.2) is 19.1 Å². The van der Waals surface area contributed by atoms with E-state index < -0.39 is 0 Å². The average molecular weight is 142 g/mol. The summed E-state index contributed by atoms with van der Waals surface area (Å²) in [6.07, 6.45) is 4.28. The molecule has 0 aromatic carbocycles. The molecule has 0 radical (unpaired) electrons. The van der Waals surface area contributed by atoms with Gasteiger partial charge in [-0.15, -0.1) is 0 Å². The van der Waals surface area contributed by atoms with Gasteiger partial charge in [-0.3, -0.25) is 0 Å². The summed E-state index contributed by atoms with van der Waals surface area (Å²) >= 11 is 0. The zero-order valence-corrected chi connectivity index (χ0v) is 6.77. The lowest BCUT2D eigenvalue weighted by Crippen LogP contribution is -2.38. The zero-order valence-electron chi connectivity index (χ0n) is 6.77. The summed E-state index contributed by atoms with van der Waals surface area (Å²) in [5.74, 6) is 0.953. The second-order valence-corrected chi connectivity index (χ2v) is 3.34. The minimum absolute atomic E-state index is 0.501. The van der Waals surface area contributed by atoms with Gasteiger partial charge in [0.05, 0.1) is 0 Å². The van der Waals surface area contributed by atoms with Crippen LogP contribution in [0.1, 0.15) is 26.2 Å². The summed E-state index contributed by atoms with van der Waals surface area (Å²) in [6.45, 7) is 4.07. The molecule has 1 atom stereocenters. The van der Waals surface area contributed by atoms with E-state index in [9.17, 15) is 0 Å². The summed E-state index contributed by atoms with van der Waals surface area (Å²) in [4.78, 5) is 0. The van der Waals surface area contributed by atoms with Gasteiger partial charge in [0.2, 0.25) is 0 Å². The number of nitrogens with one attached hydrogen (secondary N) is 1. The van der Waals surface area contributed by atoms with Crippen molar-refractivity contribution in [3.63, 3.8) is 0 Å². The van der Waals surface area contributed by atoms with Gasteiger partial charge in [0, 0.05) is 12.6 Å². The van der Waals surface area contributed by atoms with E-state index >= 15 is 0 Å². The number of rotatable bonds is 4. The van der Waals surface area contributed by atoms with Crippen molar-refractivity contribution in [3.05, 3.63) is 0 Å². The fourth-order valence-corrected chi connectivity index (χ4v) is 1.15. The molecule has 0 bridgehead atoms. The van der Waals surface area contributed by atoms with Crippen molar-refractivity contribution in [2.75, 3.05) is 13.1 Å². The topological polar surface area (TPSA) is 38.0 Å². The van der Waals surface area contributed by atoms with Crippen molar-refractivity contribution in [3.8, 4) is 0 Å². The van der Waals surface area contributed by atoms with E-state index in [2.05, 4.69) is 12.2 Å². The summed E-state index contributed by atoms with van der Waals surface area (Å²) in [7, 11) is 0. The van der Waals surface area contributed by atoms with Gasteiger partial charge in [-0.2, -0.15) is 0 Å². The lowest BCUT2D eigenvalue weighted by molar-refractivity contribution is 0.292. The Kier molecular flexibility index (Phi) is 3.16. The molecule has 0 spiro atoms. The van der Waals surface area contributed by atoms with Gasteiger partial charge in [-0.05, 0) is 32.2 Å². The van der Waals surface area contributed by atoms with Crippen LogP contribution in [0.25, 0.3) is 0 Å². The van der Waals surface area contributed by atoms with Gasteiger partial charge in [0.25, 0.3) is 0 Å². The van der Waals surface area contributed by atoms with Gasteiger partial charge >= 0.3 is 0 Å². The van der Waals surface area contributed by atoms with Crippen molar-refractivity contribution in [1.29, 1.82) is 0 Å². The van der Waals surface area contributed by atoms with Crippen molar-refractivity contribution < 1.29 is 0 Å². The van der Waals surface area contributed by atoms with Crippen LogP contribution in [0.3, 0.4) is 0 Å². The summed E-state index contributed by atoms with van der Waals surface area (Å²) < 4.78 is 0. The Bertz CT molecular complexity index is 84.5. The second kappa shape index (κ2) is 3.94. The van der Waals surface area contributed by atoms with Crippen LogP contribution in [0.5, 0.6) is 0 Å². The Labute approximate surface area is 63.2 Å². The molecule has 1 fully saturated rings. The highest BCUT2D eigenvalue weighted by Gasteiger charge is 2.16. The van der Waals surface area contributed by atoms with Crippen molar-refractivity contribution in [2.24, 2.45) is 11.7 Å². The van der Waals surface area contributed by atoms with E-state index in [0.717, 1.165) is 12.5 Å². The molecule has 0 aliphatic heterocycles. The molecule has 0 heterocycles. The fraction of sp³-hybridized carbons (Fsp3) is 1.00. The van der Waals surface area contributed by atoms with E-state index in [1.165, 1.54) is 25.8 Å². The molecule has 10 heavy (non-hydrogen) atoms. The van der Waals surface area contributed by atoms with Gasteiger partial charge < -0.3 is 11.1 Å². The molecule has 0 aromatic rings. The first-order valence-corrected chi connectivity index (χ1v) is 4.26. The molecule has 0 amide bonds. The monoisotopic (exact) mass is 142 g/mol. The Morgan fingerprint density at radius 3 is 2.70 bits per heavy atom. The largest absolute Gasteiger partial charge is 0.329 e. The van der Waals surface area contributed by atoms with Crippen LogP contribution in [0.4, 0.5) is 0 Å². The minimum atomic E-state index is 0.501.